The zero-order valence-corrected chi connectivity index (χ0v) is 20.2. The lowest BCUT2D eigenvalue weighted by Crippen LogP contribution is -2.01. The molecule has 1 aliphatic heterocycles. The topological polar surface area (TPSA) is 49.6 Å². The van der Waals surface area contributed by atoms with E-state index in [0.717, 1.165) is 39.1 Å². The first-order valence-electron chi connectivity index (χ1n) is 11.6. The second-order valence-corrected chi connectivity index (χ2v) is 9.66. The van der Waals surface area contributed by atoms with Crippen molar-refractivity contribution in [3.63, 3.8) is 0 Å². The highest BCUT2D eigenvalue weighted by Crippen LogP contribution is 2.37. The minimum atomic E-state index is 0.783. The molecule has 6 aromatic rings. The Bertz CT molecular complexity index is 1870. The predicted molar refractivity (Wildman–Crippen MR) is 143 cm³/mol. The van der Waals surface area contributed by atoms with Gasteiger partial charge in [0.1, 0.15) is 12.9 Å². The molecule has 0 bridgehead atoms. The van der Waals surface area contributed by atoms with Gasteiger partial charge in [-0.1, -0.05) is 46.7 Å². The van der Waals surface area contributed by atoms with E-state index in [0.29, 0.717) is 0 Å². The zero-order valence-electron chi connectivity index (χ0n) is 19.4. The molecule has 0 aliphatic carbocycles. The maximum atomic E-state index is 4.61. The van der Waals surface area contributed by atoms with Gasteiger partial charge in [0.2, 0.25) is 0 Å². The monoisotopic (exact) mass is 484 g/mol. The molecule has 36 heavy (non-hydrogen) atoms. The highest BCUT2D eigenvalue weighted by atomic mass is 32.2. The molecule has 3 aromatic heterocycles. The fourth-order valence-corrected chi connectivity index (χ4v) is 5.62. The molecular weight excluding hydrogens is 464 g/mol. The third kappa shape index (κ3) is 3.33. The van der Waals surface area contributed by atoms with Gasteiger partial charge < -0.3 is 0 Å². The van der Waals surface area contributed by atoms with E-state index in [-0.39, 0.29) is 0 Å². The SMILES string of the molecule is C[N+]1=C=[N+](c2cccc(Sc3ccc4c(c3)c3ccccc3n4-c3ccccn3)c2)c2nccnc21. The number of nitrogens with zero attached hydrogens (tertiary/aromatic N) is 6. The van der Waals surface area contributed by atoms with Crippen LogP contribution >= 0.6 is 11.8 Å². The second kappa shape index (κ2) is 8.27. The first-order chi connectivity index (χ1) is 17.8. The Hall–Kier alpha value is -4.58. The van der Waals surface area contributed by atoms with E-state index in [4.69, 9.17) is 0 Å². The molecule has 0 amide bonds. The molecule has 0 unspecified atom stereocenters. The lowest BCUT2D eigenvalue weighted by atomic mass is 10.1. The van der Waals surface area contributed by atoms with E-state index in [1.807, 2.05) is 40.6 Å². The predicted octanol–water partition coefficient (Wildman–Crippen LogP) is 6.42. The van der Waals surface area contributed by atoms with Crippen molar-refractivity contribution in [3.05, 3.63) is 104 Å². The number of hydrogen-bond donors (Lipinski definition) is 0. The summed E-state index contributed by atoms with van der Waals surface area (Å²) in [6.45, 7) is 0. The highest BCUT2D eigenvalue weighted by molar-refractivity contribution is 7.99. The zero-order chi connectivity index (χ0) is 24.1. The van der Waals surface area contributed by atoms with Crippen molar-refractivity contribution in [2.24, 2.45) is 0 Å². The molecule has 0 N–H and O–H groups in total. The van der Waals surface area contributed by atoms with E-state index < -0.39 is 0 Å². The quantitative estimate of drug-likeness (QED) is 0.271. The van der Waals surface area contributed by atoms with Gasteiger partial charge >= 0.3 is 17.6 Å². The van der Waals surface area contributed by atoms with Crippen LogP contribution in [0.25, 0.3) is 27.6 Å². The summed E-state index contributed by atoms with van der Waals surface area (Å²) in [7, 11) is 1.93. The van der Waals surface area contributed by atoms with Gasteiger partial charge in [-0.2, -0.15) is 4.98 Å². The van der Waals surface area contributed by atoms with Crippen LogP contribution in [0.3, 0.4) is 0 Å². The van der Waals surface area contributed by atoms with Crippen molar-refractivity contribution in [1.82, 2.24) is 24.1 Å². The third-order valence-electron chi connectivity index (χ3n) is 6.27. The van der Waals surface area contributed by atoms with Gasteiger partial charge in [0.05, 0.1) is 17.2 Å². The normalized spacial score (nSPS) is 12.6. The average molecular weight is 485 g/mol. The summed E-state index contributed by atoms with van der Waals surface area (Å²) in [5.74, 6) is 2.50. The molecule has 1 aliphatic rings. The molecule has 170 valence electrons. The van der Waals surface area contributed by atoms with E-state index in [2.05, 4.69) is 92.3 Å². The van der Waals surface area contributed by atoms with Crippen molar-refractivity contribution in [2.45, 2.75) is 9.79 Å². The van der Waals surface area contributed by atoms with Gasteiger partial charge in [-0.15, -0.1) is 4.58 Å². The molecule has 0 saturated heterocycles. The molecule has 0 spiro atoms. The fourth-order valence-electron chi connectivity index (χ4n) is 4.71. The number of benzene rings is 3. The second-order valence-electron chi connectivity index (χ2n) is 8.52. The summed E-state index contributed by atoms with van der Waals surface area (Å²) < 4.78 is 6.05. The number of rotatable bonds is 4. The molecule has 4 heterocycles. The van der Waals surface area contributed by atoms with Crippen molar-refractivity contribution in [3.8, 4) is 5.82 Å². The Morgan fingerprint density at radius 2 is 1.50 bits per heavy atom. The van der Waals surface area contributed by atoms with E-state index >= 15 is 0 Å². The average Bonchev–Trinajstić information content (AvgIpc) is 3.44. The summed E-state index contributed by atoms with van der Waals surface area (Å²) in [5.41, 5.74) is 3.30. The largest absolute Gasteiger partial charge is 0.474 e. The summed E-state index contributed by atoms with van der Waals surface area (Å²) in [4.78, 5) is 15.9. The Morgan fingerprint density at radius 3 is 2.39 bits per heavy atom. The van der Waals surface area contributed by atoms with Gasteiger partial charge in [-0.3, -0.25) is 4.57 Å². The minimum absolute atomic E-state index is 0.783. The van der Waals surface area contributed by atoms with E-state index in [1.54, 1.807) is 24.2 Å². The minimum Gasteiger partial charge on any atom is -0.294 e. The van der Waals surface area contributed by atoms with Crippen LogP contribution in [-0.4, -0.2) is 37.2 Å². The Morgan fingerprint density at radius 1 is 0.694 bits per heavy atom. The van der Waals surface area contributed by atoms with Crippen molar-refractivity contribution >= 4 is 56.9 Å². The van der Waals surface area contributed by atoms with E-state index in [9.17, 15) is 0 Å². The van der Waals surface area contributed by atoms with Gasteiger partial charge in [-0.25, -0.2) is 4.98 Å². The van der Waals surface area contributed by atoms with Crippen LogP contribution < -0.4 is 4.58 Å². The first-order valence-corrected chi connectivity index (χ1v) is 12.4. The number of hydrogen-bond acceptors (Lipinski definition) is 4. The maximum absolute atomic E-state index is 4.61. The van der Waals surface area contributed by atoms with Crippen LogP contribution in [0.1, 0.15) is 0 Å². The van der Waals surface area contributed by atoms with Crippen molar-refractivity contribution in [1.29, 1.82) is 0 Å². The van der Waals surface area contributed by atoms with Crippen LogP contribution in [0.5, 0.6) is 0 Å². The first kappa shape index (κ1) is 20.8. The molecule has 7 heteroatoms. The summed E-state index contributed by atoms with van der Waals surface area (Å²) in [5, 5.41) is 2.43. The summed E-state index contributed by atoms with van der Waals surface area (Å²) >= 11 is 1.74. The fraction of sp³-hybridized carbons (Fsp3) is 0.0345. The van der Waals surface area contributed by atoms with Gasteiger partial charge in [0, 0.05) is 37.8 Å². The molecular formula is C29H20N6S+2. The number of pyridine rings is 1. The lowest BCUT2D eigenvalue weighted by Gasteiger charge is -2.07. The highest BCUT2D eigenvalue weighted by Gasteiger charge is 2.34. The number of fused-ring (bicyclic) bond motifs is 4. The molecule has 0 saturated carbocycles. The summed E-state index contributed by atoms with van der Waals surface area (Å²) in [6.07, 6.45) is 5.25. The summed E-state index contributed by atoms with van der Waals surface area (Å²) in [6, 6.07) is 32.9. The third-order valence-corrected chi connectivity index (χ3v) is 7.25. The van der Waals surface area contributed by atoms with E-state index in [1.165, 1.54) is 15.7 Å². The van der Waals surface area contributed by atoms with Crippen LogP contribution in [0, 0.1) is 0 Å². The molecule has 7 rings (SSSR count). The molecule has 0 atom stereocenters. The molecule has 3 aromatic carbocycles. The molecule has 6 nitrogen and oxygen atoms in total. The van der Waals surface area contributed by atoms with Gasteiger partial charge in [0.25, 0.3) is 0 Å². The van der Waals surface area contributed by atoms with Crippen LogP contribution in [0.15, 0.2) is 113 Å². The number of aromatic nitrogens is 4. The Balaban J connectivity index is 1.30. The standard InChI is InChI=1S/C29H20N6S/c1-33-19-34(29-28(33)31-15-16-32-29)20-7-6-8-21(17-20)36-22-12-13-26-24(18-22)23-9-2-3-10-25(23)35(26)27-11-4-5-14-30-27/h2-18H,1H3/q+2. The lowest BCUT2D eigenvalue weighted by molar-refractivity contribution is -0.398. The van der Waals surface area contributed by atoms with Crippen molar-refractivity contribution < 1.29 is 4.58 Å². The van der Waals surface area contributed by atoms with Gasteiger partial charge in [-0.05, 0) is 48.5 Å². The maximum Gasteiger partial charge on any atom is 0.474 e. The van der Waals surface area contributed by atoms with Crippen LogP contribution in [-0.2, 0) is 0 Å². The van der Waals surface area contributed by atoms with Crippen LogP contribution in [0.2, 0.25) is 0 Å². The molecule has 0 radical (unpaired) electrons. The van der Waals surface area contributed by atoms with Crippen molar-refractivity contribution in [2.75, 3.05) is 7.05 Å². The molecule has 0 fully saturated rings. The van der Waals surface area contributed by atoms with Gasteiger partial charge in [0.15, 0.2) is 11.9 Å². The van der Waals surface area contributed by atoms with Crippen LogP contribution in [0.4, 0.5) is 17.3 Å². The smallest absolute Gasteiger partial charge is 0.294 e. The Labute approximate surface area is 211 Å². The Kier molecular flexibility index (Phi) is 4.77. The number of para-hydroxylation sites is 1.